The molecule has 1 aliphatic rings. The summed E-state index contributed by atoms with van der Waals surface area (Å²) >= 11 is 6.07. The smallest absolute Gasteiger partial charge is 0.0706 e. The van der Waals surface area contributed by atoms with Gasteiger partial charge in [-0.3, -0.25) is 0 Å². The van der Waals surface area contributed by atoms with Crippen LogP contribution in [0.1, 0.15) is 25.8 Å². The molecule has 0 saturated carbocycles. The lowest BCUT2D eigenvalue weighted by molar-refractivity contribution is 0.438. The normalized spacial score (nSPS) is 22.5. The number of anilines is 1. The predicted octanol–water partition coefficient (Wildman–Crippen LogP) is 3.78. The van der Waals surface area contributed by atoms with Gasteiger partial charge in [-0.25, -0.2) is 0 Å². The number of rotatable bonds is 1. The lowest BCUT2D eigenvalue weighted by Crippen LogP contribution is -2.42. The number of hydrogen-bond donors (Lipinski definition) is 0. The zero-order valence-corrected chi connectivity index (χ0v) is 11.3. The molecule has 1 heterocycles. The fourth-order valence-electron chi connectivity index (χ4n) is 2.61. The minimum atomic E-state index is -0.121. The molecule has 1 aromatic rings. The number of aryl methyl sites for hydroxylation is 1. The van der Waals surface area contributed by atoms with Crippen molar-refractivity contribution >= 4 is 17.3 Å². The Labute approximate surface area is 108 Å². The van der Waals surface area contributed by atoms with Gasteiger partial charge in [0.2, 0.25) is 0 Å². The summed E-state index contributed by atoms with van der Waals surface area (Å²) in [4.78, 5) is 2.31. The molecular formula is C14H17ClN2. The number of benzene rings is 1. The van der Waals surface area contributed by atoms with Gasteiger partial charge in [-0.15, -0.1) is 0 Å². The van der Waals surface area contributed by atoms with Crippen LogP contribution in [0.25, 0.3) is 0 Å². The summed E-state index contributed by atoms with van der Waals surface area (Å²) in [5.41, 5.74) is 2.24. The van der Waals surface area contributed by atoms with E-state index >= 15 is 0 Å². The second-order valence-electron chi connectivity index (χ2n) is 5.21. The Morgan fingerprint density at radius 3 is 2.76 bits per heavy atom. The summed E-state index contributed by atoms with van der Waals surface area (Å²) in [6.45, 7) is 7.27. The molecule has 1 aromatic carbocycles. The van der Waals surface area contributed by atoms with Crippen molar-refractivity contribution in [1.29, 1.82) is 5.26 Å². The molecule has 0 bridgehead atoms. The quantitative estimate of drug-likeness (QED) is 0.756. The van der Waals surface area contributed by atoms with E-state index in [2.05, 4.69) is 31.7 Å². The number of nitriles is 1. The third-order valence-corrected chi connectivity index (χ3v) is 4.04. The highest BCUT2D eigenvalue weighted by molar-refractivity contribution is 6.30. The molecule has 0 aromatic heterocycles. The van der Waals surface area contributed by atoms with E-state index in [9.17, 15) is 5.26 Å². The van der Waals surface area contributed by atoms with Crippen molar-refractivity contribution in [2.75, 3.05) is 11.4 Å². The zero-order chi connectivity index (χ0) is 12.6. The Kier molecular flexibility index (Phi) is 3.05. The second-order valence-corrected chi connectivity index (χ2v) is 5.64. The van der Waals surface area contributed by atoms with Crippen LogP contribution < -0.4 is 4.90 Å². The van der Waals surface area contributed by atoms with Gasteiger partial charge in [0.15, 0.2) is 0 Å². The lowest BCUT2D eigenvalue weighted by Gasteiger charge is -2.36. The van der Waals surface area contributed by atoms with Crippen LogP contribution in [0.15, 0.2) is 18.2 Å². The Balaban J connectivity index is 2.42. The van der Waals surface area contributed by atoms with E-state index in [-0.39, 0.29) is 11.5 Å². The van der Waals surface area contributed by atoms with Crippen LogP contribution in [0.4, 0.5) is 5.69 Å². The summed E-state index contributed by atoms with van der Waals surface area (Å²) in [5, 5.41) is 9.94. The molecule has 0 spiro atoms. The SMILES string of the molecule is Cc1ccc(Cl)cc1N1CCC(C#N)C1(C)C. The third kappa shape index (κ3) is 2.00. The average Bonchev–Trinajstić information content (AvgIpc) is 2.57. The summed E-state index contributed by atoms with van der Waals surface area (Å²) in [6, 6.07) is 8.35. The number of halogens is 1. The topological polar surface area (TPSA) is 27.0 Å². The molecule has 1 fully saturated rings. The minimum Gasteiger partial charge on any atom is -0.365 e. The van der Waals surface area contributed by atoms with E-state index < -0.39 is 0 Å². The summed E-state index contributed by atoms with van der Waals surface area (Å²) < 4.78 is 0. The largest absolute Gasteiger partial charge is 0.365 e. The zero-order valence-electron chi connectivity index (χ0n) is 10.5. The van der Waals surface area contributed by atoms with Gasteiger partial charge in [0, 0.05) is 17.3 Å². The first kappa shape index (κ1) is 12.3. The van der Waals surface area contributed by atoms with Crippen LogP contribution in [0.3, 0.4) is 0 Å². The standard InChI is InChI=1S/C14H17ClN2/c1-10-4-5-12(15)8-13(10)17-7-6-11(9-16)14(17,2)3/h4-5,8,11H,6-7H2,1-3H3. The molecule has 1 unspecified atom stereocenters. The van der Waals surface area contributed by atoms with E-state index in [1.165, 1.54) is 5.56 Å². The van der Waals surface area contributed by atoms with E-state index in [0.717, 1.165) is 23.7 Å². The van der Waals surface area contributed by atoms with Crippen LogP contribution in [0, 0.1) is 24.2 Å². The molecule has 0 radical (unpaired) electrons. The number of nitrogens with zero attached hydrogens (tertiary/aromatic N) is 2. The Morgan fingerprint density at radius 2 is 2.18 bits per heavy atom. The van der Waals surface area contributed by atoms with Gasteiger partial charge in [-0.1, -0.05) is 17.7 Å². The van der Waals surface area contributed by atoms with Crippen molar-refractivity contribution in [2.24, 2.45) is 5.92 Å². The van der Waals surface area contributed by atoms with E-state index in [4.69, 9.17) is 11.6 Å². The molecular weight excluding hydrogens is 232 g/mol. The fourth-order valence-corrected chi connectivity index (χ4v) is 2.78. The van der Waals surface area contributed by atoms with Crippen molar-refractivity contribution in [1.82, 2.24) is 0 Å². The molecule has 0 amide bonds. The fraction of sp³-hybridized carbons (Fsp3) is 0.500. The Bertz CT molecular complexity index is 474. The first-order valence-electron chi connectivity index (χ1n) is 5.90. The minimum absolute atomic E-state index is 0.0841. The predicted molar refractivity (Wildman–Crippen MR) is 71.3 cm³/mol. The van der Waals surface area contributed by atoms with Crippen LogP contribution in [-0.4, -0.2) is 12.1 Å². The van der Waals surface area contributed by atoms with Crippen LogP contribution in [-0.2, 0) is 0 Å². The molecule has 0 N–H and O–H groups in total. The van der Waals surface area contributed by atoms with Gasteiger partial charge >= 0.3 is 0 Å². The molecule has 1 atom stereocenters. The Hall–Kier alpha value is -1.20. The molecule has 1 aliphatic heterocycles. The molecule has 2 nitrogen and oxygen atoms in total. The van der Waals surface area contributed by atoms with Crippen molar-refractivity contribution < 1.29 is 0 Å². The molecule has 1 saturated heterocycles. The van der Waals surface area contributed by atoms with Crippen LogP contribution in [0.5, 0.6) is 0 Å². The van der Waals surface area contributed by atoms with Crippen molar-refractivity contribution in [3.05, 3.63) is 28.8 Å². The molecule has 2 rings (SSSR count). The van der Waals surface area contributed by atoms with Gasteiger partial charge in [0.1, 0.15) is 0 Å². The van der Waals surface area contributed by atoms with E-state index in [0.29, 0.717) is 0 Å². The van der Waals surface area contributed by atoms with Gasteiger partial charge in [-0.05, 0) is 44.9 Å². The maximum atomic E-state index is 9.19. The highest BCUT2D eigenvalue weighted by Gasteiger charge is 2.41. The summed E-state index contributed by atoms with van der Waals surface area (Å²) in [7, 11) is 0. The monoisotopic (exact) mass is 248 g/mol. The molecule has 90 valence electrons. The van der Waals surface area contributed by atoms with Gasteiger partial charge < -0.3 is 4.90 Å². The maximum absolute atomic E-state index is 9.19. The third-order valence-electron chi connectivity index (χ3n) is 3.81. The highest BCUT2D eigenvalue weighted by atomic mass is 35.5. The molecule has 0 aliphatic carbocycles. The second kappa shape index (κ2) is 4.23. The first-order valence-corrected chi connectivity index (χ1v) is 6.28. The van der Waals surface area contributed by atoms with Crippen molar-refractivity contribution in [2.45, 2.75) is 32.7 Å². The molecule has 3 heteroatoms. The average molecular weight is 249 g/mol. The van der Waals surface area contributed by atoms with Crippen molar-refractivity contribution in [3.63, 3.8) is 0 Å². The van der Waals surface area contributed by atoms with Gasteiger partial charge in [0.25, 0.3) is 0 Å². The number of hydrogen-bond acceptors (Lipinski definition) is 2. The van der Waals surface area contributed by atoms with Crippen LogP contribution in [0.2, 0.25) is 5.02 Å². The summed E-state index contributed by atoms with van der Waals surface area (Å²) in [5.74, 6) is 0.0841. The maximum Gasteiger partial charge on any atom is 0.0706 e. The van der Waals surface area contributed by atoms with Crippen LogP contribution >= 0.6 is 11.6 Å². The Morgan fingerprint density at radius 1 is 1.47 bits per heavy atom. The van der Waals surface area contributed by atoms with Crippen molar-refractivity contribution in [3.8, 4) is 6.07 Å². The van der Waals surface area contributed by atoms with E-state index in [1.807, 2.05) is 18.2 Å². The lowest BCUT2D eigenvalue weighted by atomic mass is 9.89. The molecule has 17 heavy (non-hydrogen) atoms. The van der Waals surface area contributed by atoms with E-state index in [1.54, 1.807) is 0 Å². The first-order chi connectivity index (χ1) is 7.96. The van der Waals surface area contributed by atoms with Gasteiger partial charge in [0.05, 0.1) is 17.5 Å². The van der Waals surface area contributed by atoms with Gasteiger partial charge in [-0.2, -0.15) is 5.26 Å². The highest BCUT2D eigenvalue weighted by Crippen LogP contribution is 2.39. The summed E-state index contributed by atoms with van der Waals surface area (Å²) in [6.07, 6.45) is 0.926.